The van der Waals surface area contributed by atoms with E-state index in [0.29, 0.717) is 33.4 Å². The number of pyridine rings is 1. The largest absolute Gasteiger partial charge is 0.362 e. The van der Waals surface area contributed by atoms with Gasteiger partial charge >= 0.3 is 0 Å². The lowest BCUT2D eigenvalue weighted by Gasteiger charge is -2.14. The van der Waals surface area contributed by atoms with E-state index in [-0.39, 0.29) is 11.6 Å². The number of hydrogen-bond acceptors (Lipinski definition) is 7. The van der Waals surface area contributed by atoms with Gasteiger partial charge in [0.25, 0.3) is 5.56 Å². The lowest BCUT2D eigenvalue weighted by atomic mass is 10.2. The number of rotatable bonds is 4. The Morgan fingerprint density at radius 3 is 2.89 bits per heavy atom. The molecule has 1 atom stereocenters. The second-order valence-electron chi connectivity index (χ2n) is 6.02. The standard InChI is InChI=1S/C17H15ClN8O/c1-9(16-17(27)22-13-4-3-11(18)7-14(13)21-16)20-15-8-12(5-6-19-15)26-10(2)23-24-25-26/h3-9H,1-2H3,(H,19,20)(H,22,27). The number of nitrogens with one attached hydrogen (secondary N) is 2. The van der Waals surface area contributed by atoms with E-state index in [2.05, 4.69) is 35.8 Å². The van der Waals surface area contributed by atoms with Crippen molar-refractivity contribution in [3.05, 3.63) is 63.4 Å². The predicted octanol–water partition coefficient (Wildman–Crippen LogP) is 2.43. The number of tetrazole rings is 1. The molecule has 27 heavy (non-hydrogen) atoms. The smallest absolute Gasteiger partial charge is 0.272 e. The molecule has 0 radical (unpaired) electrons. The highest BCUT2D eigenvalue weighted by molar-refractivity contribution is 6.31. The second-order valence-corrected chi connectivity index (χ2v) is 6.45. The van der Waals surface area contributed by atoms with Crippen LogP contribution in [0.3, 0.4) is 0 Å². The highest BCUT2D eigenvalue weighted by Gasteiger charge is 2.14. The Bertz CT molecular complexity index is 1180. The third kappa shape index (κ3) is 3.36. The minimum absolute atomic E-state index is 0.266. The van der Waals surface area contributed by atoms with Crippen LogP contribution in [-0.4, -0.2) is 35.2 Å². The zero-order valence-electron chi connectivity index (χ0n) is 14.5. The molecule has 3 aromatic heterocycles. The van der Waals surface area contributed by atoms with E-state index in [9.17, 15) is 4.79 Å². The van der Waals surface area contributed by atoms with Crippen molar-refractivity contribution in [2.24, 2.45) is 0 Å². The Kier molecular flexibility index (Phi) is 4.28. The minimum Gasteiger partial charge on any atom is -0.362 e. The fourth-order valence-corrected chi connectivity index (χ4v) is 2.92. The van der Waals surface area contributed by atoms with Crippen molar-refractivity contribution in [1.29, 1.82) is 0 Å². The van der Waals surface area contributed by atoms with E-state index >= 15 is 0 Å². The first-order chi connectivity index (χ1) is 13.0. The number of fused-ring (bicyclic) bond motifs is 1. The summed E-state index contributed by atoms with van der Waals surface area (Å²) in [6, 6.07) is 8.36. The maximum absolute atomic E-state index is 12.4. The van der Waals surface area contributed by atoms with Crippen LogP contribution in [-0.2, 0) is 0 Å². The van der Waals surface area contributed by atoms with E-state index in [1.54, 1.807) is 48.1 Å². The van der Waals surface area contributed by atoms with Crippen molar-refractivity contribution in [3.63, 3.8) is 0 Å². The Morgan fingerprint density at radius 1 is 1.26 bits per heavy atom. The third-order valence-corrected chi connectivity index (χ3v) is 4.30. The van der Waals surface area contributed by atoms with E-state index < -0.39 is 0 Å². The van der Waals surface area contributed by atoms with Gasteiger partial charge in [-0.3, -0.25) is 4.79 Å². The molecule has 9 nitrogen and oxygen atoms in total. The van der Waals surface area contributed by atoms with Crippen LogP contribution in [0.25, 0.3) is 16.7 Å². The van der Waals surface area contributed by atoms with Crippen LogP contribution < -0.4 is 10.9 Å². The minimum atomic E-state index is -0.380. The Hall–Kier alpha value is -3.33. The van der Waals surface area contributed by atoms with E-state index in [4.69, 9.17) is 11.6 Å². The highest BCUT2D eigenvalue weighted by Crippen LogP contribution is 2.19. The molecule has 0 amide bonds. The molecule has 0 spiro atoms. The van der Waals surface area contributed by atoms with Crippen molar-refractivity contribution in [1.82, 2.24) is 35.2 Å². The Morgan fingerprint density at radius 2 is 2.11 bits per heavy atom. The summed E-state index contributed by atoms with van der Waals surface area (Å²) in [5.74, 6) is 1.23. The summed E-state index contributed by atoms with van der Waals surface area (Å²) in [5, 5.41) is 15.2. The number of benzene rings is 1. The molecule has 4 rings (SSSR count). The van der Waals surface area contributed by atoms with Crippen LogP contribution in [0.4, 0.5) is 5.82 Å². The zero-order valence-corrected chi connectivity index (χ0v) is 15.3. The summed E-state index contributed by atoms with van der Waals surface area (Å²) < 4.78 is 1.60. The zero-order chi connectivity index (χ0) is 19.0. The van der Waals surface area contributed by atoms with Crippen LogP contribution in [0.5, 0.6) is 0 Å². The molecule has 0 bridgehead atoms. The lowest BCUT2D eigenvalue weighted by Crippen LogP contribution is -2.22. The number of aromatic amines is 1. The summed E-state index contributed by atoms with van der Waals surface area (Å²) in [5.41, 5.74) is 2.09. The van der Waals surface area contributed by atoms with Gasteiger partial charge in [0.15, 0.2) is 5.82 Å². The summed E-state index contributed by atoms with van der Waals surface area (Å²) >= 11 is 6.02. The molecule has 1 aromatic carbocycles. The second kappa shape index (κ2) is 6.76. The molecule has 0 aliphatic heterocycles. The SMILES string of the molecule is Cc1nnnn1-c1ccnc(NC(C)c2nc3cc(Cl)ccc3[nH]c2=O)c1. The molecular weight excluding hydrogens is 368 g/mol. The van der Waals surface area contributed by atoms with Crippen LogP contribution in [0.2, 0.25) is 5.02 Å². The average molecular weight is 383 g/mol. The van der Waals surface area contributed by atoms with Gasteiger partial charge < -0.3 is 10.3 Å². The Balaban J connectivity index is 1.65. The number of hydrogen-bond donors (Lipinski definition) is 2. The molecule has 2 N–H and O–H groups in total. The predicted molar refractivity (Wildman–Crippen MR) is 101 cm³/mol. The Labute approximate surface area is 158 Å². The van der Waals surface area contributed by atoms with Gasteiger partial charge in [-0.15, -0.1) is 5.10 Å². The van der Waals surface area contributed by atoms with Crippen LogP contribution in [0, 0.1) is 6.92 Å². The van der Waals surface area contributed by atoms with Crippen molar-refractivity contribution in [2.75, 3.05) is 5.32 Å². The van der Waals surface area contributed by atoms with Crippen LogP contribution in [0.1, 0.15) is 24.5 Å². The summed E-state index contributed by atoms with van der Waals surface area (Å²) in [6.45, 7) is 3.64. The highest BCUT2D eigenvalue weighted by atomic mass is 35.5. The molecule has 10 heteroatoms. The van der Waals surface area contributed by atoms with E-state index in [0.717, 1.165) is 5.69 Å². The molecule has 1 unspecified atom stereocenters. The van der Waals surface area contributed by atoms with Gasteiger partial charge in [0.1, 0.15) is 11.5 Å². The van der Waals surface area contributed by atoms with Gasteiger partial charge in [-0.25, -0.2) is 9.97 Å². The molecule has 0 saturated heterocycles. The average Bonchev–Trinajstić information content (AvgIpc) is 3.07. The molecule has 0 aliphatic carbocycles. The first-order valence-corrected chi connectivity index (χ1v) is 8.56. The van der Waals surface area contributed by atoms with Crippen molar-refractivity contribution in [2.45, 2.75) is 19.9 Å². The van der Waals surface area contributed by atoms with E-state index in [1.165, 1.54) is 0 Å². The maximum atomic E-state index is 12.4. The quantitative estimate of drug-likeness (QED) is 0.557. The number of anilines is 1. The fraction of sp³-hybridized carbons (Fsp3) is 0.176. The van der Waals surface area contributed by atoms with Crippen molar-refractivity contribution < 1.29 is 0 Å². The summed E-state index contributed by atoms with van der Waals surface area (Å²) in [6.07, 6.45) is 1.64. The normalized spacial score (nSPS) is 12.3. The molecule has 0 saturated carbocycles. The number of H-pyrrole nitrogens is 1. The number of aryl methyl sites for hydroxylation is 1. The molecule has 3 heterocycles. The van der Waals surface area contributed by atoms with Gasteiger partial charge in [0.2, 0.25) is 0 Å². The maximum Gasteiger partial charge on any atom is 0.272 e. The van der Waals surface area contributed by atoms with Gasteiger partial charge in [0, 0.05) is 17.3 Å². The molecule has 0 fully saturated rings. The van der Waals surface area contributed by atoms with Gasteiger partial charge in [-0.2, -0.15) is 4.68 Å². The number of halogens is 1. The van der Waals surface area contributed by atoms with Gasteiger partial charge in [0.05, 0.1) is 22.8 Å². The van der Waals surface area contributed by atoms with Gasteiger partial charge in [-0.05, 0) is 48.5 Å². The van der Waals surface area contributed by atoms with Gasteiger partial charge in [-0.1, -0.05) is 11.6 Å². The third-order valence-electron chi connectivity index (χ3n) is 4.07. The van der Waals surface area contributed by atoms with E-state index in [1.807, 2.05) is 6.92 Å². The molecule has 136 valence electrons. The first-order valence-electron chi connectivity index (χ1n) is 8.19. The monoisotopic (exact) mass is 382 g/mol. The number of aromatic nitrogens is 7. The lowest BCUT2D eigenvalue weighted by molar-refractivity contribution is 0.776. The fourth-order valence-electron chi connectivity index (χ4n) is 2.75. The molecular formula is C17H15ClN8O. The number of nitrogens with zero attached hydrogens (tertiary/aromatic N) is 6. The van der Waals surface area contributed by atoms with Crippen molar-refractivity contribution in [3.8, 4) is 5.69 Å². The topological polar surface area (TPSA) is 114 Å². The van der Waals surface area contributed by atoms with Crippen LogP contribution in [0.15, 0.2) is 41.3 Å². The molecule has 4 aromatic rings. The summed E-state index contributed by atoms with van der Waals surface area (Å²) in [7, 11) is 0. The van der Waals surface area contributed by atoms with Crippen molar-refractivity contribution >= 4 is 28.5 Å². The summed E-state index contributed by atoms with van der Waals surface area (Å²) in [4.78, 5) is 24.0. The first kappa shape index (κ1) is 17.1. The van der Waals surface area contributed by atoms with Crippen LogP contribution >= 0.6 is 11.6 Å². The molecule has 0 aliphatic rings.